The van der Waals surface area contributed by atoms with Crippen LogP contribution in [0.25, 0.3) is 6.08 Å². The van der Waals surface area contributed by atoms with Crippen LogP contribution in [0.5, 0.6) is 17.2 Å². The number of esters is 2. The molecule has 0 spiro atoms. The number of benzene rings is 2. The molecule has 39 heavy (non-hydrogen) atoms. The SMILES string of the molecule is C=CCOC(=O)C1=C(C)N=c2s/c(=C\c3ccccc3OCC)c(=O)n2C1c1ccc(OC(C)=O)c(OC)c1. The summed E-state index contributed by atoms with van der Waals surface area (Å²) in [4.78, 5) is 43.7. The molecule has 3 aromatic rings. The summed E-state index contributed by atoms with van der Waals surface area (Å²) in [5.74, 6) is -0.00175. The third-order valence-electron chi connectivity index (χ3n) is 5.84. The van der Waals surface area contributed by atoms with E-state index in [1.54, 1.807) is 31.2 Å². The lowest BCUT2D eigenvalue weighted by atomic mass is 9.95. The van der Waals surface area contributed by atoms with E-state index in [0.717, 1.165) is 5.56 Å². The fourth-order valence-electron chi connectivity index (χ4n) is 4.23. The first-order valence-corrected chi connectivity index (χ1v) is 13.0. The van der Waals surface area contributed by atoms with Crippen LogP contribution in [0.3, 0.4) is 0 Å². The Hall–Kier alpha value is -4.44. The van der Waals surface area contributed by atoms with E-state index in [0.29, 0.717) is 33.0 Å². The standard InChI is InChI=1S/C29H28N2O7S/c1-6-14-37-28(34)25-17(3)30-29-31(26(25)20-12-13-22(38-18(4)32)23(15-20)35-5)27(33)24(39-29)16-19-10-8-9-11-21(19)36-7-2/h6,8-13,15-16,26H,1,7,14H2,2-5H3/b24-16-. The fraction of sp³-hybridized carbons (Fsp3) is 0.241. The number of aromatic nitrogens is 1. The van der Waals surface area contributed by atoms with Gasteiger partial charge >= 0.3 is 11.9 Å². The minimum absolute atomic E-state index is 0.00429. The number of methoxy groups -OCH3 is 1. The lowest BCUT2D eigenvalue weighted by Gasteiger charge is -2.25. The number of carbonyl (C=O) groups excluding carboxylic acids is 2. The molecular weight excluding hydrogens is 520 g/mol. The Labute approximate surface area is 228 Å². The summed E-state index contributed by atoms with van der Waals surface area (Å²) in [6.07, 6.45) is 3.22. The van der Waals surface area contributed by atoms with E-state index in [2.05, 4.69) is 11.6 Å². The third-order valence-corrected chi connectivity index (χ3v) is 6.82. The molecule has 1 aromatic heterocycles. The van der Waals surface area contributed by atoms with Gasteiger partial charge in [-0.25, -0.2) is 9.79 Å². The lowest BCUT2D eigenvalue weighted by molar-refractivity contribution is -0.138. The predicted molar refractivity (Wildman–Crippen MR) is 147 cm³/mol. The molecule has 4 rings (SSSR count). The van der Waals surface area contributed by atoms with Gasteiger partial charge < -0.3 is 18.9 Å². The summed E-state index contributed by atoms with van der Waals surface area (Å²) in [6.45, 7) is 8.95. The molecule has 0 aliphatic carbocycles. The average molecular weight is 549 g/mol. The van der Waals surface area contributed by atoms with Gasteiger partial charge in [0, 0.05) is 12.5 Å². The fourth-order valence-corrected chi connectivity index (χ4v) is 5.27. The molecule has 0 amide bonds. The molecule has 0 bridgehead atoms. The zero-order chi connectivity index (χ0) is 28.1. The Bertz CT molecular complexity index is 1650. The van der Waals surface area contributed by atoms with E-state index in [1.807, 2.05) is 31.2 Å². The van der Waals surface area contributed by atoms with Gasteiger partial charge in [-0.15, -0.1) is 0 Å². The predicted octanol–water partition coefficient (Wildman–Crippen LogP) is 3.30. The highest BCUT2D eigenvalue weighted by molar-refractivity contribution is 7.07. The molecule has 0 N–H and O–H groups in total. The molecule has 2 heterocycles. The van der Waals surface area contributed by atoms with E-state index in [-0.39, 0.29) is 29.2 Å². The van der Waals surface area contributed by atoms with E-state index < -0.39 is 18.0 Å². The van der Waals surface area contributed by atoms with Crippen LogP contribution < -0.4 is 29.1 Å². The Morgan fingerprint density at radius 3 is 2.62 bits per heavy atom. The Morgan fingerprint density at radius 2 is 1.92 bits per heavy atom. The average Bonchev–Trinajstić information content (AvgIpc) is 3.21. The van der Waals surface area contributed by atoms with Gasteiger partial charge in [-0.2, -0.15) is 0 Å². The van der Waals surface area contributed by atoms with Crippen molar-refractivity contribution < 1.29 is 28.5 Å². The second kappa shape index (κ2) is 12.0. The largest absolute Gasteiger partial charge is 0.493 e. The van der Waals surface area contributed by atoms with Crippen LogP contribution in [-0.4, -0.2) is 36.8 Å². The first-order chi connectivity index (χ1) is 18.8. The van der Waals surface area contributed by atoms with Gasteiger partial charge in [0.05, 0.1) is 35.6 Å². The summed E-state index contributed by atoms with van der Waals surface area (Å²) >= 11 is 1.21. The van der Waals surface area contributed by atoms with Crippen molar-refractivity contribution in [2.75, 3.05) is 20.3 Å². The highest BCUT2D eigenvalue weighted by atomic mass is 32.1. The van der Waals surface area contributed by atoms with E-state index in [4.69, 9.17) is 18.9 Å². The second-order valence-corrected chi connectivity index (χ2v) is 9.45. The van der Waals surface area contributed by atoms with Crippen molar-refractivity contribution >= 4 is 29.4 Å². The number of hydrogen-bond donors (Lipinski definition) is 0. The monoisotopic (exact) mass is 548 g/mol. The molecular formula is C29H28N2O7S. The molecule has 0 fully saturated rings. The van der Waals surface area contributed by atoms with Crippen LogP contribution in [0.2, 0.25) is 0 Å². The third kappa shape index (κ3) is 5.70. The van der Waals surface area contributed by atoms with Crippen LogP contribution in [0.4, 0.5) is 0 Å². The first-order valence-electron chi connectivity index (χ1n) is 12.2. The first kappa shape index (κ1) is 27.6. The molecule has 9 nitrogen and oxygen atoms in total. The zero-order valence-corrected chi connectivity index (χ0v) is 22.9. The van der Waals surface area contributed by atoms with Gasteiger partial charge in [0.15, 0.2) is 16.3 Å². The van der Waals surface area contributed by atoms with Crippen molar-refractivity contribution in [2.24, 2.45) is 4.99 Å². The number of hydrogen-bond acceptors (Lipinski definition) is 9. The van der Waals surface area contributed by atoms with E-state index >= 15 is 0 Å². The van der Waals surface area contributed by atoms with Gasteiger partial charge in [0.2, 0.25) is 0 Å². The smallest absolute Gasteiger partial charge is 0.338 e. The molecule has 1 unspecified atom stereocenters. The number of ether oxygens (including phenoxy) is 4. The molecule has 0 saturated heterocycles. The van der Waals surface area contributed by atoms with Gasteiger partial charge in [-0.05, 0) is 43.7 Å². The van der Waals surface area contributed by atoms with Crippen molar-refractivity contribution in [1.82, 2.24) is 4.57 Å². The Morgan fingerprint density at radius 1 is 1.15 bits per heavy atom. The zero-order valence-electron chi connectivity index (χ0n) is 22.1. The summed E-state index contributed by atoms with van der Waals surface area (Å²) in [6, 6.07) is 11.4. The topological polar surface area (TPSA) is 105 Å². The van der Waals surface area contributed by atoms with Crippen molar-refractivity contribution in [3.05, 3.63) is 97.2 Å². The Balaban J connectivity index is 1.95. The van der Waals surface area contributed by atoms with Crippen molar-refractivity contribution in [1.29, 1.82) is 0 Å². The van der Waals surface area contributed by atoms with Crippen LogP contribution in [0.15, 0.2) is 76.2 Å². The number of allylic oxidation sites excluding steroid dienone is 1. The molecule has 1 aliphatic rings. The van der Waals surface area contributed by atoms with Crippen molar-refractivity contribution in [3.63, 3.8) is 0 Å². The number of para-hydroxylation sites is 1. The molecule has 2 aromatic carbocycles. The van der Waals surface area contributed by atoms with Gasteiger partial charge in [-0.1, -0.05) is 48.3 Å². The normalized spacial score (nSPS) is 14.8. The Kier molecular flexibility index (Phi) is 8.46. The number of rotatable bonds is 9. The summed E-state index contributed by atoms with van der Waals surface area (Å²) < 4.78 is 23.7. The van der Waals surface area contributed by atoms with Crippen LogP contribution in [-0.2, 0) is 14.3 Å². The van der Waals surface area contributed by atoms with E-state index in [1.165, 1.54) is 36.0 Å². The number of nitrogens with zero attached hydrogens (tertiary/aromatic N) is 2. The quantitative estimate of drug-likeness (QED) is 0.230. The van der Waals surface area contributed by atoms with Crippen molar-refractivity contribution in [2.45, 2.75) is 26.8 Å². The van der Waals surface area contributed by atoms with Crippen LogP contribution in [0, 0.1) is 0 Å². The summed E-state index contributed by atoms with van der Waals surface area (Å²) in [5, 5.41) is 0. The van der Waals surface area contributed by atoms with Crippen LogP contribution >= 0.6 is 11.3 Å². The maximum absolute atomic E-state index is 13.9. The number of fused-ring (bicyclic) bond motifs is 1. The van der Waals surface area contributed by atoms with Crippen molar-refractivity contribution in [3.8, 4) is 17.2 Å². The minimum Gasteiger partial charge on any atom is -0.493 e. The van der Waals surface area contributed by atoms with Gasteiger partial charge in [-0.3, -0.25) is 14.2 Å². The summed E-state index contributed by atoms with van der Waals surface area (Å²) in [5.41, 5.74) is 1.58. The second-order valence-electron chi connectivity index (χ2n) is 8.44. The molecule has 1 aliphatic heterocycles. The highest BCUT2D eigenvalue weighted by Crippen LogP contribution is 2.36. The summed E-state index contributed by atoms with van der Waals surface area (Å²) in [7, 11) is 1.44. The van der Waals surface area contributed by atoms with Gasteiger partial charge in [0.25, 0.3) is 5.56 Å². The molecule has 0 radical (unpaired) electrons. The maximum atomic E-state index is 13.9. The molecule has 202 valence electrons. The van der Waals surface area contributed by atoms with Gasteiger partial charge in [0.1, 0.15) is 12.4 Å². The molecule has 1 atom stereocenters. The molecule has 10 heteroatoms. The maximum Gasteiger partial charge on any atom is 0.338 e. The number of thiazole rings is 1. The lowest BCUT2D eigenvalue weighted by Crippen LogP contribution is -2.40. The van der Waals surface area contributed by atoms with Crippen LogP contribution in [0.1, 0.15) is 37.9 Å². The minimum atomic E-state index is -0.872. The number of carbonyl (C=O) groups is 2. The highest BCUT2D eigenvalue weighted by Gasteiger charge is 2.34. The molecule has 0 saturated carbocycles. The van der Waals surface area contributed by atoms with E-state index in [9.17, 15) is 14.4 Å².